The number of carbonyl (C=O) groups excluding carboxylic acids is 1. The maximum absolute atomic E-state index is 13.2. The first kappa shape index (κ1) is 24.0. The molecule has 0 unspecified atom stereocenters. The Hall–Kier alpha value is -3.11. The van der Waals surface area contributed by atoms with Crippen molar-refractivity contribution in [1.29, 1.82) is 0 Å². The van der Waals surface area contributed by atoms with Crippen LogP contribution in [0, 0.1) is 20.8 Å². The predicted octanol–water partition coefficient (Wildman–Crippen LogP) is 3.84. The second kappa shape index (κ2) is 9.63. The van der Waals surface area contributed by atoms with Crippen LogP contribution in [0.4, 0.5) is 10.8 Å². The van der Waals surface area contributed by atoms with Gasteiger partial charge in [0.05, 0.1) is 17.7 Å². The van der Waals surface area contributed by atoms with E-state index >= 15 is 0 Å². The SMILES string of the molecule is COc1ccc(N2CCN(C(=O)c3sc(NS(=O)(=O)c4ccc(C)cc4C)nc3C)CC2)cc1. The standard InChI is InChI=1S/C24H28N4O4S2/c1-16-5-10-21(17(2)15-16)34(30,31)26-24-25-18(3)22(33-24)23(29)28-13-11-27(12-14-28)19-6-8-20(32-4)9-7-19/h5-10,15H,11-14H2,1-4H3,(H,25,26). The molecule has 4 rings (SSSR count). The fourth-order valence-corrected chi connectivity index (χ4v) is 6.41. The van der Waals surface area contributed by atoms with Crippen molar-refractivity contribution in [2.45, 2.75) is 25.7 Å². The van der Waals surface area contributed by atoms with E-state index in [1.807, 2.05) is 37.3 Å². The molecule has 0 aliphatic carbocycles. The van der Waals surface area contributed by atoms with Crippen LogP contribution in [0.5, 0.6) is 5.75 Å². The van der Waals surface area contributed by atoms with E-state index in [1.165, 1.54) is 0 Å². The minimum atomic E-state index is -3.80. The molecule has 0 radical (unpaired) electrons. The van der Waals surface area contributed by atoms with Crippen molar-refractivity contribution >= 4 is 38.1 Å². The molecular weight excluding hydrogens is 472 g/mol. The van der Waals surface area contributed by atoms with E-state index in [2.05, 4.69) is 14.6 Å². The van der Waals surface area contributed by atoms with E-state index in [4.69, 9.17) is 4.74 Å². The van der Waals surface area contributed by atoms with Crippen LogP contribution in [0.2, 0.25) is 0 Å². The maximum Gasteiger partial charge on any atom is 0.266 e. The predicted molar refractivity (Wildman–Crippen MR) is 135 cm³/mol. The van der Waals surface area contributed by atoms with Crippen molar-refractivity contribution in [2.24, 2.45) is 0 Å². The summed E-state index contributed by atoms with van der Waals surface area (Å²) >= 11 is 1.07. The summed E-state index contributed by atoms with van der Waals surface area (Å²) in [6, 6.07) is 13.0. The number of piperazine rings is 1. The number of hydrogen-bond acceptors (Lipinski definition) is 7. The first-order chi connectivity index (χ1) is 16.2. The lowest BCUT2D eigenvalue weighted by Crippen LogP contribution is -2.48. The molecule has 1 fully saturated rings. The molecule has 0 saturated carbocycles. The lowest BCUT2D eigenvalue weighted by Gasteiger charge is -2.36. The van der Waals surface area contributed by atoms with Gasteiger partial charge >= 0.3 is 0 Å². The van der Waals surface area contributed by atoms with Crippen LogP contribution in [-0.4, -0.2) is 57.5 Å². The van der Waals surface area contributed by atoms with Crippen molar-refractivity contribution in [3.05, 3.63) is 64.2 Å². The number of methoxy groups -OCH3 is 1. The zero-order chi connectivity index (χ0) is 24.5. The molecule has 34 heavy (non-hydrogen) atoms. The minimum absolute atomic E-state index is 0.124. The fraction of sp³-hybridized carbons (Fsp3) is 0.333. The van der Waals surface area contributed by atoms with E-state index in [0.717, 1.165) is 28.3 Å². The number of benzene rings is 2. The maximum atomic E-state index is 13.2. The van der Waals surface area contributed by atoms with E-state index in [9.17, 15) is 13.2 Å². The van der Waals surface area contributed by atoms with Crippen molar-refractivity contribution in [3.63, 3.8) is 0 Å². The Labute approximate surface area is 204 Å². The molecule has 1 amide bonds. The Morgan fingerprint density at radius 3 is 2.32 bits per heavy atom. The number of amides is 1. The summed E-state index contributed by atoms with van der Waals surface area (Å²) in [5.74, 6) is 0.684. The van der Waals surface area contributed by atoms with Crippen LogP contribution in [0.3, 0.4) is 0 Å². The summed E-state index contributed by atoms with van der Waals surface area (Å²) in [5.41, 5.74) is 3.25. The first-order valence-corrected chi connectivity index (χ1v) is 13.2. The quantitative estimate of drug-likeness (QED) is 0.553. The normalized spacial score (nSPS) is 14.2. The molecular formula is C24H28N4O4S2. The molecule has 0 atom stereocenters. The topological polar surface area (TPSA) is 91.8 Å². The minimum Gasteiger partial charge on any atom is -0.497 e. The number of thiazole rings is 1. The number of aryl methyl sites for hydroxylation is 3. The monoisotopic (exact) mass is 500 g/mol. The van der Waals surface area contributed by atoms with Gasteiger partial charge in [-0.15, -0.1) is 0 Å². The molecule has 180 valence electrons. The third-order valence-electron chi connectivity index (χ3n) is 5.84. The van der Waals surface area contributed by atoms with E-state index in [0.29, 0.717) is 42.3 Å². The average molecular weight is 501 g/mol. The van der Waals surface area contributed by atoms with Crippen molar-refractivity contribution in [3.8, 4) is 5.75 Å². The molecule has 1 aliphatic rings. The number of sulfonamides is 1. The first-order valence-electron chi connectivity index (χ1n) is 10.9. The van der Waals surface area contributed by atoms with Gasteiger partial charge in [-0.3, -0.25) is 9.52 Å². The van der Waals surface area contributed by atoms with E-state index in [-0.39, 0.29) is 15.9 Å². The highest BCUT2D eigenvalue weighted by Crippen LogP contribution is 2.28. The molecule has 8 nitrogen and oxygen atoms in total. The van der Waals surface area contributed by atoms with Crippen molar-refractivity contribution in [2.75, 3.05) is 42.9 Å². The largest absolute Gasteiger partial charge is 0.497 e. The van der Waals surface area contributed by atoms with Crippen LogP contribution in [0.15, 0.2) is 47.4 Å². The lowest BCUT2D eigenvalue weighted by molar-refractivity contribution is 0.0750. The molecule has 1 N–H and O–H groups in total. The van der Waals surface area contributed by atoms with Crippen LogP contribution >= 0.6 is 11.3 Å². The van der Waals surface area contributed by atoms with Gasteiger partial charge in [-0.05, 0) is 56.7 Å². The average Bonchev–Trinajstić information content (AvgIpc) is 3.17. The zero-order valence-electron chi connectivity index (χ0n) is 19.7. The Bertz CT molecular complexity index is 1300. The van der Waals surface area contributed by atoms with Gasteiger partial charge < -0.3 is 14.5 Å². The number of carbonyl (C=O) groups is 1. The highest BCUT2D eigenvalue weighted by molar-refractivity contribution is 7.93. The Morgan fingerprint density at radius 2 is 1.71 bits per heavy atom. The number of aromatic nitrogens is 1. The number of ether oxygens (including phenoxy) is 1. The van der Waals surface area contributed by atoms with Crippen LogP contribution in [-0.2, 0) is 10.0 Å². The lowest BCUT2D eigenvalue weighted by atomic mass is 10.2. The highest BCUT2D eigenvalue weighted by Gasteiger charge is 2.27. The van der Waals surface area contributed by atoms with Gasteiger partial charge in [0, 0.05) is 31.9 Å². The second-order valence-corrected chi connectivity index (χ2v) is 10.9. The van der Waals surface area contributed by atoms with Crippen LogP contribution in [0.1, 0.15) is 26.5 Å². The fourth-order valence-electron chi connectivity index (χ4n) is 4.01. The van der Waals surface area contributed by atoms with E-state index < -0.39 is 10.0 Å². The van der Waals surface area contributed by atoms with Gasteiger partial charge in [-0.2, -0.15) is 0 Å². The smallest absolute Gasteiger partial charge is 0.266 e. The van der Waals surface area contributed by atoms with Crippen molar-refractivity contribution < 1.29 is 17.9 Å². The molecule has 2 aromatic carbocycles. The molecule has 2 heterocycles. The number of anilines is 2. The summed E-state index contributed by atoms with van der Waals surface area (Å²) in [6.07, 6.45) is 0. The number of rotatable bonds is 6. The van der Waals surface area contributed by atoms with Gasteiger partial charge in [0.2, 0.25) is 0 Å². The zero-order valence-corrected chi connectivity index (χ0v) is 21.3. The molecule has 1 saturated heterocycles. The molecule has 3 aromatic rings. The van der Waals surface area contributed by atoms with Crippen LogP contribution in [0.25, 0.3) is 0 Å². The van der Waals surface area contributed by atoms with Gasteiger partial charge in [-0.25, -0.2) is 13.4 Å². The third kappa shape index (κ3) is 5.02. The highest BCUT2D eigenvalue weighted by atomic mass is 32.2. The van der Waals surface area contributed by atoms with E-state index in [1.54, 1.807) is 38.0 Å². The number of nitrogens with zero attached hydrogens (tertiary/aromatic N) is 3. The molecule has 0 spiro atoms. The molecule has 0 bridgehead atoms. The van der Waals surface area contributed by atoms with Gasteiger partial charge in [0.1, 0.15) is 10.6 Å². The Kier molecular flexibility index (Phi) is 6.81. The Balaban J connectivity index is 1.43. The number of nitrogens with one attached hydrogen (secondary N) is 1. The summed E-state index contributed by atoms with van der Waals surface area (Å²) in [4.78, 5) is 22.2. The third-order valence-corrected chi connectivity index (χ3v) is 8.53. The molecule has 10 heteroatoms. The Morgan fingerprint density at radius 1 is 1.03 bits per heavy atom. The molecule has 1 aromatic heterocycles. The second-order valence-electron chi connectivity index (χ2n) is 8.29. The summed E-state index contributed by atoms with van der Waals surface area (Å²) < 4.78 is 33.5. The number of hydrogen-bond donors (Lipinski definition) is 1. The van der Waals surface area contributed by atoms with Gasteiger partial charge in [0.15, 0.2) is 5.13 Å². The summed E-state index contributed by atoms with van der Waals surface area (Å²) in [5, 5.41) is 0.192. The summed E-state index contributed by atoms with van der Waals surface area (Å²) in [6.45, 7) is 7.97. The van der Waals surface area contributed by atoms with Gasteiger partial charge in [-0.1, -0.05) is 29.0 Å². The van der Waals surface area contributed by atoms with Crippen molar-refractivity contribution in [1.82, 2.24) is 9.88 Å². The molecule has 1 aliphatic heterocycles. The summed E-state index contributed by atoms with van der Waals surface area (Å²) in [7, 11) is -2.16. The van der Waals surface area contributed by atoms with Crippen LogP contribution < -0.4 is 14.4 Å². The van der Waals surface area contributed by atoms with Gasteiger partial charge in [0.25, 0.3) is 15.9 Å².